The van der Waals surface area contributed by atoms with Gasteiger partial charge in [0.15, 0.2) is 0 Å². The van der Waals surface area contributed by atoms with E-state index in [4.69, 9.17) is 17.3 Å². The molecule has 2 saturated heterocycles. The number of nitrogens with zero attached hydrogens (tertiary/aromatic N) is 2. The molecule has 0 bridgehead atoms. The lowest BCUT2D eigenvalue weighted by Crippen LogP contribution is -2.63. The van der Waals surface area contributed by atoms with Gasteiger partial charge in [-0.25, -0.2) is 12.8 Å². The van der Waals surface area contributed by atoms with E-state index >= 15 is 0 Å². The Morgan fingerprint density at radius 3 is 2.27 bits per heavy atom. The molecular formula is C17H23ClFN3O3S. The first-order chi connectivity index (χ1) is 12.3. The maximum Gasteiger partial charge on any atom is 0.243 e. The zero-order valence-corrected chi connectivity index (χ0v) is 16.0. The summed E-state index contributed by atoms with van der Waals surface area (Å²) >= 11 is 5.72. The lowest BCUT2D eigenvalue weighted by atomic mass is 9.84. The number of hydrogen-bond acceptors (Lipinski definition) is 4. The highest BCUT2D eigenvalue weighted by Gasteiger charge is 2.47. The Balaban J connectivity index is 1.79. The largest absolute Gasteiger partial charge is 0.368 e. The molecule has 0 spiro atoms. The molecule has 2 heterocycles. The topological polar surface area (TPSA) is 83.7 Å². The van der Waals surface area contributed by atoms with Crippen LogP contribution in [-0.4, -0.2) is 55.2 Å². The second-order valence-electron chi connectivity index (χ2n) is 6.92. The van der Waals surface area contributed by atoms with Crippen LogP contribution in [-0.2, 0) is 14.8 Å². The Hall–Kier alpha value is -1.22. The fourth-order valence-electron chi connectivity index (χ4n) is 3.92. The van der Waals surface area contributed by atoms with Gasteiger partial charge in [0.2, 0.25) is 15.9 Å². The van der Waals surface area contributed by atoms with Gasteiger partial charge in [-0.2, -0.15) is 4.31 Å². The Kier molecular flexibility index (Phi) is 5.58. The minimum Gasteiger partial charge on any atom is -0.368 e. The number of piperidine rings is 2. The van der Waals surface area contributed by atoms with Gasteiger partial charge in [-0.05, 0) is 57.0 Å². The summed E-state index contributed by atoms with van der Waals surface area (Å²) in [7, 11) is -3.80. The summed E-state index contributed by atoms with van der Waals surface area (Å²) in [5.41, 5.74) is 4.94. The second kappa shape index (κ2) is 7.42. The summed E-state index contributed by atoms with van der Waals surface area (Å²) in [6, 6.07) is 3.37. The number of primary amides is 1. The molecule has 9 heteroatoms. The van der Waals surface area contributed by atoms with E-state index < -0.39 is 21.4 Å². The van der Waals surface area contributed by atoms with E-state index in [1.165, 1.54) is 10.4 Å². The summed E-state index contributed by atoms with van der Waals surface area (Å²) in [6.45, 7) is 2.00. The molecule has 2 aliphatic heterocycles. The Bertz CT molecular complexity index is 788. The quantitative estimate of drug-likeness (QED) is 0.833. The highest BCUT2D eigenvalue weighted by molar-refractivity contribution is 7.89. The van der Waals surface area contributed by atoms with Gasteiger partial charge in [0.05, 0.1) is 9.92 Å². The molecule has 0 aromatic heterocycles. The molecule has 2 N–H and O–H groups in total. The summed E-state index contributed by atoms with van der Waals surface area (Å²) in [5.74, 6) is -1.05. The smallest absolute Gasteiger partial charge is 0.243 e. The van der Waals surface area contributed by atoms with Crippen LogP contribution in [0.5, 0.6) is 0 Å². The van der Waals surface area contributed by atoms with E-state index in [0.717, 1.165) is 44.5 Å². The third-order valence-electron chi connectivity index (χ3n) is 5.50. The Morgan fingerprint density at radius 2 is 1.73 bits per heavy atom. The number of carbonyl (C=O) groups is 1. The van der Waals surface area contributed by atoms with Crippen molar-refractivity contribution in [1.29, 1.82) is 0 Å². The molecule has 0 radical (unpaired) electrons. The molecule has 2 fully saturated rings. The van der Waals surface area contributed by atoms with Crippen molar-refractivity contribution in [3.05, 3.63) is 29.0 Å². The molecule has 2 aliphatic rings. The number of sulfonamides is 1. The number of rotatable bonds is 4. The zero-order valence-electron chi connectivity index (χ0n) is 14.5. The number of carbonyl (C=O) groups excluding carboxylic acids is 1. The first-order valence-electron chi connectivity index (χ1n) is 8.77. The van der Waals surface area contributed by atoms with Crippen molar-refractivity contribution < 1.29 is 17.6 Å². The Morgan fingerprint density at radius 1 is 1.12 bits per heavy atom. The summed E-state index contributed by atoms with van der Waals surface area (Å²) in [4.78, 5) is 14.3. The highest BCUT2D eigenvalue weighted by atomic mass is 35.5. The molecule has 1 aromatic carbocycles. The lowest BCUT2D eigenvalue weighted by Gasteiger charge is -2.47. The minimum absolute atomic E-state index is 0.0477. The number of hydrogen-bond donors (Lipinski definition) is 1. The van der Waals surface area contributed by atoms with Crippen molar-refractivity contribution in [1.82, 2.24) is 9.21 Å². The number of benzene rings is 1. The van der Waals surface area contributed by atoms with E-state index in [2.05, 4.69) is 4.90 Å². The molecule has 0 unspecified atom stereocenters. The van der Waals surface area contributed by atoms with Crippen LogP contribution in [0.15, 0.2) is 23.1 Å². The molecule has 0 aliphatic carbocycles. The summed E-state index contributed by atoms with van der Waals surface area (Å²) in [5, 5.41) is -0.233. The molecule has 3 rings (SSSR count). The van der Waals surface area contributed by atoms with Crippen LogP contribution in [0, 0.1) is 5.82 Å². The molecule has 1 aromatic rings. The maximum absolute atomic E-state index is 13.3. The third-order valence-corrected chi connectivity index (χ3v) is 7.68. The number of likely N-dealkylation sites (tertiary alicyclic amines) is 1. The average Bonchev–Trinajstić information content (AvgIpc) is 2.64. The first-order valence-corrected chi connectivity index (χ1v) is 10.6. The van der Waals surface area contributed by atoms with Crippen molar-refractivity contribution in [2.45, 2.75) is 42.5 Å². The van der Waals surface area contributed by atoms with Gasteiger partial charge >= 0.3 is 0 Å². The van der Waals surface area contributed by atoms with Crippen molar-refractivity contribution in [2.24, 2.45) is 5.73 Å². The van der Waals surface area contributed by atoms with Gasteiger partial charge in [0.25, 0.3) is 0 Å². The average molecular weight is 404 g/mol. The van der Waals surface area contributed by atoms with Gasteiger partial charge in [-0.1, -0.05) is 18.0 Å². The van der Waals surface area contributed by atoms with E-state index in [-0.39, 0.29) is 28.9 Å². The van der Waals surface area contributed by atoms with Crippen LogP contribution < -0.4 is 5.73 Å². The lowest BCUT2D eigenvalue weighted by molar-refractivity contribution is -0.134. The van der Waals surface area contributed by atoms with Crippen LogP contribution in [0.1, 0.15) is 32.1 Å². The fourth-order valence-corrected chi connectivity index (χ4v) is 5.64. The standard InChI is InChI=1S/C17H23ClFN3O3S/c18-14-12-13(4-5-15(14)19)26(24,25)22-10-6-17(7-11-22,16(20)23)21-8-2-1-3-9-21/h4-5,12H,1-3,6-11H2,(H2,20,23). The normalized spacial score (nSPS) is 22.2. The molecule has 144 valence electrons. The molecular weight excluding hydrogens is 381 g/mol. The van der Waals surface area contributed by atoms with Crippen LogP contribution in [0.3, 0.4) is 0 Å². The van der Waals surface area contributed by atoms with Gasteiger partial charge in [0.1, 0.15) is 11.4 Å². The summed E-state index contributed by atoms with van der Waals surface area (Å²) < 4.78 is 40.3. The van der Waals surface area contributed by atoms with Crippen molar-refractivity contribution in [3.8, 4) is 0 Å². The predicted octanol–water partition coefficient (Wildman–Crippen LogP) is 1.97. The SMILES string of the molecule is NC(=O)C1(N2CCCCC2)CCN(S(=O)(=O)c2ccc(F)c(Cl)c2)CC1. The van der Waals surface area contributed by atoms with E-state index in [0.29, 0.717) is 12.8 Å². The van der Waals surface area contributed by atoms with E-state index in [1.54, 1.807) is 0 Å². The van der Waals surface area contributed by atoms with Gasteiger partial charge in [-0.3, -0.25) is 9.69 Å². The number of nitrogens with two attached hydrogens (primary N) is 1. The number of amides is 1. The molecule has 1 amide bonds. The van der Waals surface area contributed by atoms with Crippen molar-refractivity contribution >= 4 is 27.5 Å². The van der Waals surface area contributed by atoms with Crippen molar-refractivity contribution in [3.63, 3.8) is 0 Å². The van der Waals surface area contributed by atoms with E-state index in [9.17, 15) is 17.6 Å². The van der Waals surface area contributed by atoms with Gasteiger partial charge < -0.3 is 5.73 Å². The number of halogens is 2. The molecule has 26 heavy (non-hydrogen) atoms. The first kappa shape index (κ1) is 19.5. The molecule has 0 atom stereocenters. The van der Waals surface area contributed by atoms with Crippen LogP contribution in [0.25, 0.3) is 0 Å². The molecule has 0 saturated carbocycles. The zero-order chi connectivity index (χ0) is 18.9. The monoisotopic (exact) mass is 403 g/mol. The van der Waals surface area contributed by atoms with Gasteiger partial charge in [0, 0.05) is 13.1 Å². The molecule has 6 nitrogen and oxygen atoms in total. The second-order valence-corrected chi connectivity index (χ2v) is 9.27. The third kappa shape index (κ3) is 3.47. The Labute approximate surface area is 158 Å². The van der Waals surface area contributed by atoms with Crippen LogP contribution in [0.2, 0.25) is 5.02 Å². The van der Waals surface area contributed by atoms with Gasteiger partial charge in [-0.15, -0.1) is 0 Å². The highest BCUT2D eigenvalue weighted by Crippen LogP contribution is 2.34. The maximum atomic E-state index is 13.3. The van der Waals surface area contributed by atoms with Crippen LogP contribution in [0.4, 0.5) is 4.39 Å². The summed E-state index contributed by atoms with van der Waals surface area (Å²) in [6.07, 6.45) is 3.89. The van der Waals surface area contributed by atoms with Crippen LogP contribution >= 0.6 is 11.6 Å². The fraction of sp³-hybridized carbons (Fsp3) is 0.588. The minimum atomic E-state index is -3.80. The van der Waals surface area contributed by atoms with E-state index in [1.807, 2.05) is 0 Å². The van der Waals surface area contributed by atoms with Crippen molar-refractivity contribution in [2.75, 3.05) is 26.2 Å². The predicted molar refractivity (Wildman–Crippen MR) is 96.8 cm³/mol.